The molecule has 0 saturated carbocycles. The average molecular weight is 216 g/mol. The van der Waals surface area contributed by atoms with E-state index in [4.69, 9.17) is 9.84 Å². The lowest BCUT2D eigenvalue weighted by molar-refractivity contribution is -0.129. The van der Waals surface area contributed by atoms with Crippen LogP contribution >= 0.6 is 0 Å². The Balaban J connectivity index is 3.25. The zero-order chi connectivity index (χ0) is 11.5. The smallest absolute Gasteiger partial charge is 0.351 e. The van der Waals surface area contributed by atoms with Crippen molar-refractivity contribution in [2.75, 3.05) is 20.3 Å². The van der Waals surface area contributed by atoms with Crippen LogP contribution in [0.3, 0.4) is 0 Å². The van der Waals surface area contributed by atoms with E-state index in [9.17, 15) is 4.79 Å². The SMILES string of the molecule is COCCCCCCN/N=C(\C)C(=O)O. The summed E-state index contributed by atoms with van der Waals surface area (Å²) in [5.41, 5.74) is 2.83. The molecule has 0 aromatic heterocycles. The number of carboxylic acid groups (broad SMARTS) is 1. The lowest BCUT2D eigenvalue weighted by Crippen LogP contribution is -2.16. The standard InChI is InChI=1S/C10H20N2O3/c1-9(10(13)14)12-11-7-5-3-4-6-8-15-2/h11H,3-8H2,1-2H3,(H,13,14)/b12-9+. The third-order valence-electron chi connectivity index (χ3n) is 1.94. The molecular formula is C10H20N2O3. The van der Waals surface area contributed by atoms with Crippen molar-refractivity contribution in [3.63, 3.8) is 0 Å². The summed E-state index contributed by atoms with van der Waals surface area (Å²) in [7, 11) is 1.70. The molecule has 0 radical (unpaired) electrons. The quantitative estimate of drug-likeness (QED) is 0.345. The minimum absolute atomic E-state index is 0.0920. The minimum Gasteiger partial charge on any atom is -0.477 e. The van der Waals surface area contributed by atoms with Gasteiger partial charge in [0.15, 0.2) is 0 Å². The van der Waals surface area contributed by atoms with Crippen LogP contribution in [0.2, 0.25) is 0 Å². The van der Waals surface area contributed by atoms with Gasteiger partial charge in [-0.15, -0.1) is 0 Å². The third kappa shape index (κ3) is 9.21. The van der Waals surface area contributed by atoms with Crippen LogP contribution < -0.4 is 5.43 Å². The molecule has 0 aliphatic carbocycles. The zero-order valence-electron chi connectivity index (χ0n) is 9.45. The van der Waals surface area contributed by atoms with E-state index in [2.05, 4.69) is 10.5 Å². The molecule has 88 valence electrons. The molecular weight excluding hydrogens is 196 g/mol. The molecule has 5 nitrogen and oxygen atoms in total. The van der Waals surface area contributed by atoms with Gasteiger partial charge in [0.05, 0.1) is 0 Å². The molecule has 0 heterocycles. The molecule has 15 heavy (non-hydrogen) atoms. The summed E-state index contributed by atoms with van der Waals surface area (Å²) < 4.78 is 4.92. The summed E-state index contributed by atoms with van der Waals surface area (Å²) in [6.45, 7) is 3.00. The molecule has 0 aromatic rings. The number of methoxy groups -OCH3 is 1. The molecule has 0 fully saturated rings. The van der Waals surface area contributed by atoms with E-state index < -0.39 is 5.97 Å². The summed E-state index contributed by atoms with van der Waals surface area (Å²) >= 11 is 0. The van der Waals surface area contributed by atoms with Crippen molar-refractivity contribution in [3.05, 3.63) is 0 Å². The van der Waals surface area contributed by atoms with Crippen molar-refractivity contribution in [2.24, 2.45) is 5.10 Å². The lowest BCUT2D eigenvalue weighted by atomic mass is 10.2. The maximum Gasteiger partial charge on any atom is 0.351 e. The van der Waals surface area contributed by atoms with E-state index in [1.54, 1.807) is 7.11 Å². The number of nitrogens with one attached hydrogen (secondary N) is 1. The van der Waals surface area contributed by atoms with Crippen LogP contribution in [0.5, 0.6) is 0 Å². The van der Waals surface area contributed by atoms with Gasteiger partial charge in [0.1, 0.15) is 5.71 Å². The molecule has 0 rings (SSSR count). The predicted molar refractivity (Wildman–Crippen MR) is 59.1 cm³/mol. The van der Waals surface area contributed by atoms with Gasteiger partial charge in [-0.1, -0.05) is 12.8 Å². The minimum atomic E-state index is -0.984. The average Bonchev–Trinajstić information content (AvgIpc) is 2.21. The topological polar surface area (TPSA) is 70.9 Å². The number of rotatable bonds is 9. The number of nitrogens with zero attached hydrogens (tertiary/aromatic N) is 1. The molecule has 0 saturated heterocycles. The van der Waals surface area contributed by atoms with E-state index in [0.717, 1.165) is 38.8 Å². The molecule has 2 N–H and O–H groups in total. The summed E-state index contributed by atoms with van der Waals surface area (Å²) in [6.07, 6.45) is 4.32. The second kappa shape index (κ2) is 9.45. The third-order valence-corrected chi connectivity index (χ3v) is 1.94. The number of hydrogen-bond donors (Lipinski definition) is 2. The number of ether oxygens (including phenoxy) is 1. The lowest BCUT2D eigenvalue weighted by Gasteiger charge is -2.01. The highest BCUT2D eigenvalue weighted by Crippen LogP contribution is 1.98. The van der Waals surface area contributed by atoms with Crippen molar-refractivity contribution in [1.29, 1.82) is 0 Å². The fourth-order valence-corrected chi connectivity index (χ4v) is 1.03. The fourth-order valence-electron chi connectivity index (χ4n) is 1.03. The van der Waals surface area contributed by atoms with E-state index in [-0.39, 0.29) is 5.71 Å². The first-order valence-corrected chi connectivity index (χ1v) is 5.18. The normalized spacial score (nSPS) is 11.5. The van der Waals surface area contributed by atoms with E-state index >= 15 is 0 Å². The molecule has 0 amide bonds. The Hall–Kier alpha value is -1.10. The van der Waals surface area contributed by atoms with Crippen molar-refractivity contribution in [2.45, 2.75) is 32.6 Å². The Kier molecular flexibility index (Phi) is 8.76. The van der Waals surface area contributed by atoms with E-state index in [0.29, 0.717) is 0 Å². The van der Waals surface area contributed by atoms with Gasteiger partial charge in [0.2, 0.25) is 0 Å². The molecule has 0 unspecified atom stereocenters. The highest BCUT2D eigenvalue weighted by molar-refractivity contribution is 6.34. The van der Waals surface area contributed by atoms with Gasteiger partial charge in [-0.3, -0.25) is 0 Å². The maximum atomic E-state index is 10.4. The van der Waals surface area contributed by atoms with Gasteiger partial charge in [-0.25, -0.2) is 4.79 Å². The zero-order valence-corrected chi connectivity index (χ0v) is 9.45. The first-order valence-electron chi connectivity index (χ1n) is 5.18. The Morgan fingerprint density at radius 3 is 2.60 bits per heavy atom. The summed E-state index contributed by atoms with van der Waals surface area (Å²) in [5, 5.41) is 12.2. The molecule has 0 atom stereocenters. The summed E-state index contributed by atoms with van der Waals surface area (Å²) in [6, 6.07) is 0. The van der Waals surface area contributed by atoms with Crippen LogP contribution in [0.15, 0.2) is 5.10 Å². The number of carboxylic acids is 1. The highest BCUT2D eigenvalue weighted by atomic mass is 16.5. The van der Waals surface area contributed by atoms with Gasteiger partial charge in [-0.2, -0.15) is 5.10 Å². The number of hydrogen-bond acceptors (Lipinski definition) is 4. The summed E-state index contributed by atoms with van der Waals surface area (Å²) in [5.74, 6) is -0.984. The first kappa shape index (κ1) is 13.9. The van der Waals surface area contributed by atoms with Gasteiger partial charge in [0.25, 0.3) is 0 Å². The van der Waals surface area contributed by atoms with Crippen LogP contribution in [0.1, 0.15) is 32.6 Å². The van der Waals surface area contributed by atoms with Crippen molar-refractivity contribution >= 4 is 11.7 Å². The second-order valence-corrected chi connectivity index (χ2v) is 3.32. The van der Waals surface area contributed by atoms with Crippen molar-refractivity contribution in [1.82, 2.24) is 5.43 Å². The maximum absolute atomic E-state index is 10.4. The van der Waals surface area contributed by atoms with E-state index in [1.165, 1.54) is 6.92 Å². The van der Waals surface area contributed by atoms with Gasteiger partial charge >= 0.3 is 5.97 Å². The molecule has 5 heteroatoms. The fraction of sp³-hybridized carbons (Fsp3) is 0.800. The molecule has 0 aromatic carbocycles. The highest BCUT2D eigenvalue weighted by Gasteiger charge is 1.99. The van der Waals surface area contributed by atoms with Crippen LogP contribution in [0.4, 0.5) is 0 Å². The van der Waals surface area contributed by atoms with Crippen LogP contribution in [-0.2, 0) is 9.53 Å². The Bertz CT molecular complexity index is 205. The van der Waals surface area contributed by atoms with Crippen molar-refractivity contribution in [3.8, 4) is 0 Å². The molecule has 0 aliphatic heterocycles. The number of hydrazone groups is 1. The molecule has 0 spiro atoms. The predicted octanol–water partition coefficient (Wildman–Crippen LogP) is 1.24. The monoisotopic (exact) mass is 216 g/mol. The Morgan fingerprint density at radius 1 is 1.33 bits per heavy atom. The van der Waals surface area contributed by atoms with Crippen LogP contribution in [0.25, 0.3) is 0 Å². The second-order valence-electron chi connectivity index (χ2n) is 3.32. The number of aliphatic carboxylic acids is 1. The number of carbonyl (C=O) groups is 1. The van der Waals surface area contributed by atoms with E-state index in [1.807, 2.05) is 0 Å². The van der Waals surface area contributed by atoms with Crippen LogP contribution in [-0.4, -0.2) is 37.0 Å². The largest absolute Gasteiger partial charge is 0.477 e. The Morgan fingerprint density at radius 2 is 2.00 bits per heavy atom. The van der Waals surface area contributed by atoms with Gasteiger partial charge in [0, 0.05) is 20.3 Å². The Labute approximate surface area is 90.5 Å². The molecule has 0 bridgehead atoms. The van der Waals surface area contributed by atoms with Crippen LogP contribution in [0, 0.1) is 0 Å². The molecule has 0 aliphatic rings. The first-order chi connectivity index (χ1) is 7.18. The van der Waals surface area contributed by atoms with Crippen molar-refractivity contribution < 1.29 is 14.6 Å². The van der Waals surface area contributed by atoms with Gasteiger partial charge in [-0.05, 0) is 19.8 Å². The number of unbranched alkanes of at least 4 members (excludes halogenated alkanes) is 3. The van der Waals surface area contributed by atoms with Gasteiger partial charge < -0.3 is 15.3 Å². The summed E-state index contributed by atoms with van der Waals surface area (Å²) in [4.78, 5) is 10.4.